The van der Waals surface area contributed by atoms with Crippen LogP contribution in [0.5, 0.6) is 0 Å². The number of nitrogens with zero attached hydrogens (tertiary/aromatic N) is 4. The highest BCUT2D eigenvalue weighted by Gasteiger charge is 2.38. The van der Waals surface area contributed by atoms with E-state index in [9.17, 15) is 17.7 Å². The molecular formula is C20H18ClF3N5O3P. The first-order valence-corrected chi connectivity index (χ1v) is 11.9. The van der Waals surface area contributed by atoms with Crippen LogP contribution in [0.1, 0.15) is 24.1 Å². The fourth-order valence-electron chi connectivity index (χ4n) is 3.14. The third kappa shape index (κ3) is 5.21. The second-order valence-corrected chi connectivity index (χ2v) is 9.73. The summed E-state index contributed by atoms with van der Waals surface area (Å²) in [5, 5.41) is 6.70. The lowest BCUT2D eigenvalue weighted by molar-refractivity contribution is -0.159. The Bertz CT molecular complexity index is 1350. The quantitative estimate of drug-likeness (QED) is 0.302. The molecule has 0 aliphatic rings. The van der Waals surface area contributed by atoms with Gasteiger partial charge in [-0.1, -0.05) is 22.8 Å². The molecule has 1 N–H and O–H groups in total. The number of pyridine rings is 1. The van der Waals surface area contributed by atoms with Crippen LogP contribution in [0.3, 0.4) is 0 Å². The molecular weight excluding hydrogens is 482 g/mol. The normalized spacial score (nSPS) is 13.9. The molecule has 4 rings (SSSR count). The topological polar surface area (TPSA) is 94.5 Å². The van der Waals surface area contributed by atoms with Crippen LogP contribution in [-0.4, -0.2) is 26.1 Å². The average Bonchev–Trinajstić information content (AvgIpc) is 3.36. The van der Waals surface area contributed by atoms with Crippen LogP contribution >= 0.6 is 19.1 Å². The van der Waals surface area contributed by atoms with Gasteiger partial charge in [0.2, 0.25) is 5.82 Å². The molecule has 13 heteroatoms. The van der Waals surface area contributed by atoms with E-state index in [0.717, 1.165) is 5.56 Å². The number of benzene rings is 1. The fraction of sp³-hybridized carbons (Fsp3) is 0.250. The van der Waals surface area contributed by atoms with Crippen molar-refractivity contribution < 1.29 is 26.8 Å². The molecule has 0 aliphatic heterocycles. The number of aromatic nitrogens is 4. The average molecular weight is 500 g/mol. The minimum Gasteiger partial charge on any atom is -0.329 e. The first-order chi connectivity index (χ1) is 15.6. The number of imidazole rings is 1. The molecule has 0 amide bonds. The van der Waals surface area contributed by atoms with E-state index in [-0.39, 0.29) is 24.2 Å². The Morgan fingerprint density at radius 2 is 2.03 bits per heavy atom. The van der Waals surface area contributed by atoms with Crippen molar-refractivity contribution in [3.8, 4) is 11.4 Å². The SMILES string of the molecule is CCOP(=O)(Cc1cn2ccc(-c3noc(C(F)(F)F)n3)cc2n1)Nc1ccc(C)cc1Cl. The number of anilines is 1. The molecule has 0 fully saturated rings. The number of rotatable bonds is 7. The summed E-state index contributed by atoms with van der Waals surface area (Å²) in [5.41, 5.74) is 2.57. The van der Waals surface area contributed by atoms with Crippen molar-refractivity contribution in [3.63, 3.8) is 0 Å². The van der Waals surface area contributed by atoms with Gasteiger partial charge in [0.25, 0.3) is 7.52 Å². The van der Waals surface area contributed by atoms with E-state index in [0.29, 0.717) is 22.1 Å². The second-order valence-electron chi connectivity index (χ2n) is 7.18. The minimum atomic E-state index is -4.73. The van der Waals surface area contributed by atoms with Crippen LogP contribution in [-0.2, 0) is 21.4 Å². The number of nitrogens with one attached hydrogen (secondary N) is 1. The highest BCUT2D eigenvalue weighted by Crippen LogP contribution is 2.50. The lowest BCUT2D eigenvalue weighted by Gasteiger charge is -2.20. The Morgan fingerprint density at radius 1 is 1.24 bits per heavy atom. The number of hydrogen-bond acceptors (Lipinski definition) is 6. The molecule has 174 valence electrons. The van der Waals surface area contributed by atoms with E-state index < -0.39 is 19.6 Å². The van der Waals surface area contributed by atoms with Crippen LogP contribution in [0.4, 0.5) is 18.9 Å². The Hall–Kier alpha value is -2.88. The molecule has 0 saturated carbocycles. The van der Waals surface area contributed by atoms with Crippen molar-refractivity contribution in [2.75, 3.05) is 11.7 Å². The van der Waals surface area contributed by atoms with Crippen LogP contribution < -0.4 is 5.09 Å². The Labute approximate surface area is 191 Å². The van der Waals surface area contributed by atoms with Crippen LogP contribution in [0, 0.1) is 6.92 Å². The van der Waals surface area contributed by atoms with Gasteiger partial charge in [-0.2, -0.15) is 18.2 Å². The molecule has 3 heterocycles. The lowest BCUT2D eigenvalue weighted by Crippen LogP contribution is -2.05. The fourth-order valence-corrected chi connectivity index (χ4v) is 5.28. The summed E-state index contributed by atoms with van der Waals surface area (Å²) in [6.45, 7) is 3.81. The summed E-state index contributed by atoms with van der Waals surface area (Å²) in [5.74, 6) is -1.65. The summed E-state index contributed by atoms with van der Waals surface area (Å²) in [6.07, 6.45) is -1.53. The lowest BCUT2D eigenvalue weighted by atomic mass is 10.2. The molecule has 1 aromatic carbocycles. The Morgan fingerprint density at radius 3 is 2.70 bits per heavy atom. The van der Waals surface area contributed by atoms with Gasteiger partial charge in [-0.15, -0.1) is 0 Å². The molecule has 0 aliphatic carbocycles. The van der Waals surface area contributed by atoms with Crippen LogP contribution in [0.2, 0.25) is 5.02 Å². The summed E-state index contributed by atoms with van der Waals surface area (Å²) in [6, 6.07) is 8.33. The summed E-state index contributed by atoms with van der Waals surface area (Å²) >= 11 is 6.26. The van der Waals surface area contributed by atoms with E-state index in [1.165, 1.54) is 12.1 Å². The number of aryl methyl sites for hydroxylation is 1. The van der Waals surface area contributed by atoms with E-state index in [1.54, 1.807) is 35.9 Å². The van der Waals surface area contributed by atoms with Crippen LogP contribution in [0.15, 0.2) is 47.2 Å². The standard InChI is InChI=1S/C20H18ClF3N5O3P/c1-3-31-33(30,28-16-5-4-12(2)8-15(16)21)11-14-10-29-7-6-13(9-17(29)25-14)18-26-19(32-27-18)20(22,23)24/h4-10H,3,11H2,1-2H3,(H,28,30). The molecule has 0 spiro atoms. The zero-order chi connectivity index (χ0) is 23.8. The maximum atomic E-state index is 13.5. The van der Waals surface area contributed by atoms with Gasteiger partial charge in [-0.25, -0.2) is 4.98 Å². The number of alkyl halides is 3. The largest absolute Gasteiger partial charge is 0.471 e. The maximum Gasteiger partial charge on any atom is 0.471 e. The maximum absolute atomic E-state index is 13.5. The van der Waals surface area contributed by atoms with Crippen molar-refractivity contribution in [1.29, 1.82) is 0 Å². The third-order valence-electron chi connectivity index (χ3n) is 4.56. The highest BCUT2D eigenvalue weighted by atomic mass is 35.5. The van der Waals surface area contributed by atoms with E-state index >= 15 is 0 Å². The van der Waals surface area contributed by atoms with Crippen LogP contribution in [0.25, 0.3) is 17.0 Å². The molecule has 0 saturated heterocycles. The molecule has 33 heavy (non-hydrogen) atoms. The van der Waals surface area contributed by atoms with Gasteiger partial charge in [0.15, 0.2) is 0 Å². The van der Waals surface area contributed by atoms with Crippen molar-refractivity contribution in [1.82, 2.24) is 19.5 Å². The van der Waals surface area contributed by atoms with Gasteiger partial charge in [-0.3, -0.25) is 4.57 Å². The van der Waals surface area contributed by atoms with Crippen molar-refractivity contribution >= 4 is 30.5 Å². The van der Waals surface area contributed by atoms with E-state index in [4.69, 9.17) is 16.1 Å². The predicted molar refractivity (Wildman–Crippen MR) is 116 cm³/mol. The zero-order valence-electron chi connectivity index (χ0n) is 17.4. The Balaban J connectivity index is 1.60. The van der Waals surface area contributed by atoms with Gasteiger partial charge in [0.05, 0.1) is 29.2 Å². The van der Waals surface area contributed by atoms with Gasteiger partial charge < -0.3 is 18.5 Å². The van der Waals surface area contributed by atoms with Crippen molar-refractivity contribution in [2.45, 2.75) is 26.2 Å². The molecule has 0 radical (unpaired) electrons. The molecule has 8 nitrogen and oxygen atoms in total. The summed E-state index contributed by atoms with van der Waals surface area (Å²) in [7, 11) is -3.42. The first-order valence-electron chi connectivity index (χ1n) is 9.73. The number of hydrogen-bond donors (Lipinski definition) is 1. The second kappa shape index (κ2) is 8.81. The highest BCUT2D eigenvalue weighted by molar-refractivity contribution is 7.59. The predicted octanol–water partition coefficient (Wildman–Crippen LogP) is 6.21. The van der Waals surface area contributed by atoms with Gasteiger partial charge in [-0.05, 0) is 43.7 Å². The first kappa shape index (κ1) is 23.3. The number of halogens is 4. The van der Waals surface area contributed by atoms with E-state index in [2.05, 4.69) is 24.7 Å². The monoisotopic (exact) mass is 499 g/mol. The molecule has 3 aromatic heterocycles. The molecule has 1 unspecified atom stereocenters. The van der Waals surface area contributed by atoms with Gasteiger partial charge >= 0.3 is 12.1 Å². The van der Waals surface area contributed by atoms with Crippen molar-refractivity contribution in [3.05, 3.63) is 64.9 Å². The third-order valence-corrected chi connectivity index (χ3v) is 6.87. The van der Waals surface area contributed by atoms with Gasteiger partial charge in [0, 0.05) is 18.0 Å². The molecule has 4 aromatic rings. The minimum absolute atomic E-state index is 0.0392. The summed E-state index contributed by atoms with van der Waals surface area (Å²) < 4.78 is 63.1. The van der Waals surface area contributed by atoms with Crippen molar-refractivity contribution in [2.24, 2.45) is 0 Å². The number of fused-ring (bicyclic) bond motifs is 1. The molecule has 0 bridgehead atoms. The smallest absolute Gasteiger partial charge is 0.329 e. The van der Waals surface area contributed by atoms with E-state index in [1.807, 2.05) is 13.0 Å². The Kier molecular flexibility index (Phi) is 6.22. The molecule has 1 atom stereocenters. The van der Waals surface area contributed by atoms with Gasteiger partial charge in [0.1, 0.15) is 5.65 Å². The summed E-state index contributed by atoms with van der Waals surface area (Å²) in [4.78, 5) is 7.81. The zero-order valence-corrected chi connectivity index (χ0v) is 19.1.